The Morgan fingerprint density at radius 3 is 2.85 bits per heavy atom. The Bertz CT molecular complexity index is 808. The van der Waals surface area contributed by atoms with Gasteiger partial charge in [-0.25, -0.2) is 9.18 Å². The van der Waals surface area contributed by atoms with Crippen molar-refractivity contribution in [3.05, 3.63) is 59.9 Å². The highest BCUT2D eigenvalue weighted by molar-refractivity contribution is 7.99. The van der Waals surface area contributed by atoms with E-state index in [4.69, 9.17) is 9.47 Å². The zero-order valence-corrected chi connectivity index (χ0v) is 15.5. The normalized spacial score (nSPS) is 16.1. The predicted molar refractivity (Wildman–Crippen MR) is 101 cm³/mol. The number of ether oxygens (including phenoxy) is 2. The fraction of sp³-hybridized carbons (Fsp3) is 0.300. The largest absolute Gasteiger partial charge is 0.452 e. The van der Waals surface area contributed by atoms with Gasteiger partial charge in [-0.3, -0.25) is 4.79 Å². The Morgan fingerprint density at radius 2 is 2.07 bits per heavy atom. The van der Waals surface area contributed by atoms with Crippen LogP contribution in [0.15, 0.2) is 53.4 Å². The third-order valence-electron chi connectivity index (χ3n) is 4.00. The van der Waals surface area contributed by atoms with E-state index in [-0.39, 0.29) is 6.10 Å². The van der Waals surface area contributed by atoms with E-state index in [0.29, 0.717) is 11.3 Å². The number of esters is 1. The SMILES string of the molecule is O=C(COC(=O)c1ccccc1SCC1CCCO1)Nc1cccc(F)c1. The molecule has 0 aliphatic carbocycles. The van der Waals surface area contributed by atoms with Crippen molar-refractivity contribution in [1.82, 2.24) is 0 Å². The molecule has 27 heavy (non-hydrogen) atoms. The van der Waals surface area contributed by atoms with E-state index >= 15 is 0 Å². The molecule has 0 spiro atoms. The van der Waals surface area contributed by atoms with Crippen LogP contribution in [0.5, 0.6) is 0 Å². The van der Waals surface area contributed by atoms with Crippen molar-refractivity contribution >= 4 is 29.3 Å². The Morgan fingerprint density at radius 1 is 1.22 bits per heavy atom. The van der Waals surface area contributed by atoms with E-state index in [9.17, 15) is 14.0 Å². The number of rotatable bonds is 7. The molecule has 0 bridgehead atoms. The van der Waals surface area contributed by atoms with Crippen LogP contribution >= 0.6 is 11.8 Å². The molecule has 0 saturated carbocycles. The predicted octanol–water partition coefficient (Wildman–Crippen LogP) is 3.89. The summed E-state index contributed by atoms with van der Waals surface area (Å²) in [6, 6.07) is 12.6. The van der Waals surface area contributed by atoms with Gasteiger partial charge in [-0.05, 0) is 43.2 Å². The molecular formula is C20H20FNO4S. The van der Waals surface area contributed by atoms with Crippen LogP contribution in [0.25, 0.3) is 0 Å². The molecule has 5 nitrogen and oxygen atoms in total. The molecule has 1 heterocycles. The molecule has 1 saturated heterocycles. The molecule has 0 radical (unpaired) electrons. The Labute approximate surface area is 161 Å². The molecule has 1 fully saturated rings. The number of thioether (sulfide) groups is 1. The van der Waals surface area contributed by atoms with E-state index in [2.05, 4.69) is 5.32 Å². The van der Waals surface area contributed by atoms with Gasteiger partial charge in [0.1, 0.15) is 5.82 Å². The monoisotopic (exact) mass is 389 g/mol. The molecular weight excluding hydrogens is 369 g/mol. The molecule has 142 valence electrons. The van der Waals surface area contributed by atoms with Crippen LogP contribution in [0.2, 0.25) is 0 Å². The number of amides is 1. The summed E-state index contributed by atoms with van der Waals surface area (Å²) >= 11 is 1.54. The number of halogens is 1. The Balaban J connectivity index is 1.53. The molecule has 7 heteroatoms. The molecule has 1 N–H and O–H groups in total. The lowest BCUT2D eigenvalue weighted by Gasteiger charge is -2.12. The first-order chi connectivity index (χ1) is 13.1. The van der Waals surface area contributed by atoms with Crippen molar-refractivity contribution in [3.8, 4) is 0 Å². The van der Waals surface area contributed by atoms with Crippen molar-refractivity contribution < 1.29 is 23.5 Å². The van der Waals surface area contributed by atoms with Gasteiger partial charge in [0.25, 0.3) is 5.91 Å². The zero-order chi connectivity index (χ0) is 19.1. The number of carbonyl (C=O) groups excluding carboxylic acids is 2. The van der Waals surface area contributed by atoms with Crippen LogP contribution in [0.4, 0.5) is 10.1 Å². The summed E-state index contributed by atoms with van der Waals surface area (Å²) in [6.45, 7) is 0.343. The van der Waals surface area contributed by atoms with Gasteiger partial charge < -0.3 is 14.8 Å². The standard InChI is InChI=1S/C20H20FNO4S/c21-14-5-3-6-15(11-14)22-19(23)12-26-20(24)17-8-1-2-9-18(17)27-13-16-7-4-10-25-16/h1-3,5-6,8-9,11,16H,4,7,10,12-13H2,(H,22,23). The Hall–Kier alpha value is -2.38. The summed E-state index contributed by atoms with van der Waals surface area (Å²) in [6.07, 6.45) is 2.30. The molecule has 2 aromatic carbocycles. The third-order valence-corrected chi connectivity index (χ3v) is 5.20. The molecule has 1 amide bonds. The lowest BCUT2D eigenvalue weighted by Crippen LogP contribution is -2.21. The van der Waals surface area contributed by atoms with Gasteiger partial charge in [0, 0.05) is 22.9 Å². The second-order valence-corrected chi connectivity index (χ2v) is 7.14. The number of carbonyl (C=O) groups is 2. The molecule has 1 aliphatic rings. The lowest BCUT2D eigenvalue weighted by molar-refractivity contribution is -0.119. The number of nitrogens with one attached hydrogen (secondary N) is 1. The minimum atomic E-state index is -0.570. The van der Waals surface area contributed by atoms with Crippen LogP contribution in [-0.2, 0) is 14.3 Å². The second-order valence-electron chi connectivity index (χ2n) is 6.08. The third kappa shape index (κ3) is 5.80. The highest BCUT2D eigenvalue weighted by Crippen LogP contribution is 2.27. The van der Waals surface area contributed by atoms with Crippen LogP contribution in [0.1, 0.15) is 23.2 Å². The highest BCUT2D eigenvalue weighted by Gasteiger charge is 2.19. The summed E-state index contributed by atoms with van der Waals surface area (Å²) in [7, 11) is 0. The van der Waals surface area contributed by atoms with Gasteiger partial charge in [-0.15, -0.1) is 11.8 Å². The second kappa shape index (κ2) is 9.53. The maximum Gasteiger partial charge on any atom is 0.339 e. The van der Waals surface area contributed by atoms with Crippen molar-refractivity contribution in [3.63, 3.8) is 0 Å². The fourth-order valence-corrected chi connectivity index (χ4v) is 3.80. The van der Waals surface area contributed by atoms with Crippen molar-refractivity contribution in [2.24, 2.45) is 0 Å². The van der Waals surface area contributed by atoms with Gasteiger partial charge in [0.05, 0.1) is 11.7 Å². The number of hydrogen-bond acceptors (Lipinski definition) is 5. The Kier molecular flexibility index (Phi) is 6.84. The van der Waals surface area contributed by atoms with Gasteiger partial charge >= 0.3 is 5.97 Å². The van der Waals surface area contributed by atoms with E-state index in [1.54, 1.807) is 30.0 Å². The summed E-state index contributed by atoms with van der Waals surface area (Å²) < 4.78 is 23.9. The maximum absolute atomic E-state index is 13.1. The van der Waals surface area contributed by atoms with Crippen LogP contribution < -0.4 is 5.32 Å². The zero-order valence-electron chi connectivity index (χ0n) is 14.7. The molecule has 1 atom stereocenters. The summed E-state index contributed by atoms with van der Waals surface area (Å²) in [4.78, 5) is 25.1. The minimum absolute atomic E-state index is 0.205. The van der Waals surface area contributed by atoms with E-state index < -0.39 is 24.3 Å². The highest BCUT2D eigenvalue weighted by atomic mass is 32.2. The molecule has 2 aromatic rings. The van der Waals surface area contributed by atoms with Gasteiger partial charge in [0.2, 0.25) is 0 Å². The average Bonchev–Trinajstić information content (AvgIpc) is 3.18. The molecule has 0 aromatic heterocycles. The van der Waals surface area contributed by atoms with Gasteiger partial charge in [-0.1, -0.05) is 18.2 Å². The fourth-order valence-electron chi connectivity index (χ4n) is 2.69. The molecule has 3 rings (SSSR count). The molecule has 1 unspecified atom stereocenters. The van der Waals surface area contributed by atoms with Gasteiger partial charge in [0.15, 0.2) is 6.61 Å². The van der Waals surface area contributed by atoms with Crippen LogP contribution in [0.3, 0.4) is 0 Å². The summed E-state index contributed by atoms with van der Waals surface area (Å²) in [5.74, 6) is -0.787. The van der Waals surface area contributed by atoms with Crippen LogP contribution in [0, 0.1) is 5.82 Å². The maximum atomic E-state index is 13.1. The average molecular weight is 389 g/mol. The minimum Gasteiger partial charge on any atom is -0.452 e. The number of benzene rings is 2. The summed E-state index contributed by atoms with van der Waals surface area (Å²) in [5, 5.41) is 2.49. The first kappa shape index (κ1) is 19.4. The van der Waals surface area contributed by atoms with Crippen molar-refractivity contribution in [2.45, 2.75) is 23.8 Å². The van der Waals surface area contributed by atoms with Crippen molar-refractivity contribution in [2.75, 3.05) is 24.3 Å². The van der Waals surface area contributed by atoms with E-state index in [1.807, 2.05) is 12.1 Å². The smallest absolute Gasteiger partial charge is 0.339 e. The lowest BCUT2D eigenvalue weighted by atomic mass is 10.2. The topological polar surface area (TPSA) is 64.6 Å². The summed E-state index contributed by atoms with van der Waals surface area (Å²) in [5.41, 5.74) is 0.725. The van der Waals surface area contributed by atoms with Crippen molar-refractivity contribution in [1.29, 1.82) is 0 Å². The number of hydrogen-bond donors (Lipinski definition) is 1. The number of anilines is 1. The van der Waals surface area contributed by atoms with Gasteiger partial charge in [-0.2, -0.15) is 0 Å². The molecule has 1 aliphatic heterocycles. The first-order valence-electron chi connectivity index (χ1n) is 8.68. The first-order valence-corrected chi connectivity index (χ1v) is 9.66. The quantitative estimate of drug-likeness (QED) is 0.575. The van der Waals surface area contributed by atoms with Crippen LogP contribution in [-0.4, -0.2) is 36.9 Å². The van der Waals surface area contributed by atoms with E-state index in [0.717, 1.165) is 30.1 Å². The van der Waals surface area contributed by atoms with E-state index in [1.165, 1.54) is 18.2 Å².